The molecule has 0 unspecified atom stereocenters. The van der Waals surface area contributed by atoms with Gasteiger partial charge < -0.3 is 15.0 Å². The number of hydrogen-bond acceptors (Lipinski definition) is 6. The molecule has 3 aromatic heterocycles. The number of rotatable bonds is 7. The van der Waals surface area contributed by atoms with Gasteiger partial charge in [-0.15, -0.1) is 0 Å². The van der Waals surface area contributed by atoms with Crippen molar-refractivity contribution < 1.29 is 23.1 Å². The molecule has 2 aromatic carbocycles. The van der Waals surface area contributed by atoms with E-state index in [0.29, 0.717) is 34.3 Å². The second-order valence-electron chi connectivity index (χ2n) is 10.1. The zero-order chi connectivity index (χ0) is 28.0. The molecular weight excluding hydrogens is 521 g/mol. The van der Waals surface area contributed by atoms with Crippen LogP contribution in [-0.4, -0.2) is 41.6 Å². The lowest BCUT2D eigenvalue weighted by molar-refractivity contribution is -0.137. The predicted octanol–water partition coefficient (Wildman–Crippen LogP) is 6.41. The van der Waals surface area contributed by atoms with E-state index in [2.05, 4.69) is 20.3 Å². The van der Waals surface area contributed by atoms with Crippen molar-refractivity contribution in [1.82, 2.24) is 24.5 Å². The fourth-order valence-electron chi connectivity index (χ4n) is 5.04. The molecule has 11 heteroatoms. The number of alkyl halides is 3. The van der Waals surface area contributed by atoms with Crippen molar-refractivity contribution in [3.8, 4) is 11.5 Å². The first-order valence-electron chi connectivity index (χ1n) is 13.0. The molecule has 204 valence electrons. The summed E-state index contributed by atoms with van der Waals surface area (Å²) in [5, 5.41) is 15.0. The summed E-state index contributed by atoms with van der Waals surface area (Å²) in [6.45, 7) is 2.17. The van der Waals surface area contributed by atoms with Crippen molar-refractivity contribution in [3.05, 3.63) is 77.7 Å². The first-order chi connectivity index (χ1) is 19.2. The summed E-state index contributed by atoms with van der Waals surface area (Å²) in [6, 6.07) is 14.5. The maximum Gasteiger partial charge on any atom is 0.416 e. The van der Waals surface area contributed by atoms with Gasteiger partial charge in [-0.3, -0.25) is 4.98 Å². The van der Waals surface area contributed by atoms with Crippen LogP contribution < -0.4 is 5.32 Å². The summed E-state index contributed by atoms with van der Waals surface area (Å²) in [6.07, 6.45) is 0.533. The molecule has 2 N–H and O–H groups in total. The molecule has 0 amide bonds. The number of carbonyl (C=O) groups is 1. The minimum Gasteiger partial charge on any atom is -0.475 e. The highest BCUT2D eigenvalue weighted by Crippen LogP contribution is 2.34. The molecule has 8 nitrogen and oxygen atoms in total. The summed E-state index contributed by atoms with van der Waals surface area (Å²) >= 11 is 0. The maximum absolute atomic E-state index is 13.2. The zero-order valence-corrected chi connectivity index (χ0v) is 21.5. The molecule has 0 radical (unpaired) electrons. The van der Waals surface area contributed by atoms with Gasteiger partial charge in [0.25, 0.3) is 0 Å². The molecule has 1 saturated carbocycles. The van der Waals surface area contributed by atoms with Crippen LogP contribution in [0.2, 0.25) is 0 Å². The molecule has 1 aliphatic carbocycles. The third kappa shape index (κ3) is 4.83. The number of hydrogen-bond donors (Lipinski definition) is 2. The number of aromatic nitrogens is 5. The summed E-state index contributed by atoms with van der Waals surface area (Å²) in [7, 11) is 0. The fraction of sp³-hybridized carbons (Fsp3) is 0.276. The number of carboxylic acids is 1. The summed E-state index contributed by atoms with van der Waals surface area (Å²) in [5.74, 6) is -0.548. The number of carboxylic acid groups (broad SMARTS) is 1. The van der Waals surface area contributed by atoms with Crippen molar-refractivity contribution in [2.45, 2.75) is 44.9 Å². The largest absolute Gasteiger partial charge is 0.475 e. The van der Waals surface area contributed by atoms with Crippen molar-refractivity contribution >= 4 is 33.7 Å². The molecule has 0 saturated heterocycles. The molecule has 1 aliphatic rings. The van der Waals surface area contributed by atoms with E-state index in [0.717, 1.165) is 42.2 Å². The van der Waals surface area contributed by atoms with Crippen molar-refractivity contribution in [2.24, 2.45) is 5.92 Å². The molecular formula is C29H25F3N6O2. The average molecular weight is 547 g/mol. The zero-order valence-electron chi connectivity index (χ0n) is 21.5. The van der Waals surface area contributed by atoms with Crippen LogP contribution in [0, 0.1) is 5.92 Å². The quantitative estimate of drug-likeness (QED) is 0.243. The molecule has 1 atom stereocenters. The van der Waals surface area contributed by atoms with E-state index in [4.69, 9.17) is 4.98 Å². The van der Waals surface area contributed by atoms with Gasteiger partial charge in [0.05, 0.1) is 5.56 Å². The van der Waals surface area contributed by atoms with Crippen LogP contribution in [0.4, 0.5) is 19.0 Å². The summed E-state index contributed by atoms with van der Waals surface area (Å²) < 4.78 is 41.4. The van der Waals surface area contributed by atoms with Crippen LogP contribution in [0.3, 0.4) is 0 Å². The number of aromatic carboxylic acids is 1. The third-order valence-corrected chi connectivity index (χ3v) is 7.50. The van der Waals surface area contributed by atoms with Gasteiger partial charge in [0.1, 0.15) is 11.2 Å². The number of halogens is 3. The van der Waals surface area contributed by atoms with E-state index in [1.54, 1.807) is 10.8 Å². The minimum atomic E-state index is -4.45. The monoisotopic (exact) mass is 546 g/mol. The Morgan fingerprint density at radius 1 is 1.07 bits per heavy atom. The molecule has 5 aromatic rings. The van der Waals surface area contributed by atoms with Crippen LogP contribution in [0.1, 0.15) is 47.9 Å². The second-order valence-corrected chi connectivity index (χ2v) is 10.1. The Balaban J connectivity index is 1.54. The summed E-state index contributed by atoms with van der Waals surface area (Å²) in [5.41, 5.74) is 0.982. The first-order valence-corrected chi connectivity index (χ1v) is 13.0. The maximum atomic E-state index is 13.2. The fourth-order valence-corrected chi connectivity index (χ4v) is 5.04. The highest BCUT2D eigenvalue weighted by atomic mass is 19.4. The van der Waals surface area contributed by atoms with Gasteiger partial charge in [-0.05, 0) is 54.8 Å². The number of imidazole rings is 1. The van der Waals surface area contributed by atoms with E-state index >= 15 is 0 Å². The Hall–Kier alpha value is -4.54. The highest BCUT2D eigenvalue weighted by molar-refractivity contribution is 5.93. The van der Waals surface area contributed by atoms with Gasteiger partial charge in [0, 0.05) is 24.2 Å². The van der Waals surface area contributed by atoms with E-state index in [-0.39, 0.29) is 18.2 Å². The Kier molecular flexibility index (Phi) is 6.36. The minimum absolute atomic E-state index is 0.0187. The lowest BCUT2D eigenvalue weighted by Gasteiger charge is -2.32. The first kappa shape index (κ1) is 25.7. The van der Waals surface area contributed by atoms with Gasteiger partial charge in [0.15, 0.2) is 17.3 Å². The standard InChI is InChI=1S/C29H25F3N6O2/c1-16(18-7-4-8-18)34-24-23-25(36-26(35-24)28(39)40)37-27(22-13-19-5-2-3-6-20(19)14-33-22)38(23)15-17-9-11-21(12-10-17)29(30,31)32/h2-3,5-6,9-14,16,18H,4,7-8,15H2,1H3,(H,39,40)(H,34,35,36)/t16-/m1/s1. The normalized spacial score (nSPS) is 14.8. The number of nitrogens with one attached hydrogen (secondary N) is 1. The second kappa shape index (κ2) is 9.89. The Morgan fingerprint density at radius 2 is 1.80 bits per heavy atom. The molecule has 0 spiro atoms. The molecule has 1 fully saturated rings. The number of nitrogens with zero attached hydrogens (tertiary/aromatic N) is 5. The van der Waals surface area contributed by atoms with Gasteiger partial charge in [-0.2, -0.15) is 13.2 Å². The lowest BCUT2D eigenvalue weighted by Crippen LogP contribution is -2.31. The SMILES string of the molecule is C[C@@H](Nc1nc(C(=O)O)nc2nc(-c3cc4ccccc4cn3)n(Cc3ccc(C(F)(F)F)cc3)c12)C1CCC1. The van der Waals surface area contributed by atoms with Crippen LogP contribution in [0.5, 0.6) is 0 Å². The van der Waals surface area contributed by atoms with Crippen molar-refractivity contribution in [3.63, 3.8) is 0 Å². The highest BCUT2D eigenvalue weighted by Gasteiger charge is 2.30. The van der Waals surface area contributed by atoms with Crippen LogP contribution in [0.25, 0.3) is 33.5 Å². The number of benzene rings is 2. The van der Waals surface area contributed by atoms with Crippen LogP contribution in [0.15, 0.2) is 60.8 Å². The van der Waals surface area contributed by atoms with Crippen LogP contribution >= 0.6 is 0 Å². The number of pyridine rings is 1. The van der Waals surface area contributed by atoms with Gasteiger partial charge in [-0.25, -0.2) is 19.7 Å². The Labute approximate surface area is 226 Å². The average Bonchev–Trinajstić information content (AvgIpc) is 3.25. The molecule has 6 rings (SSSR count). The molecule has 0 aliphatic heterocycles. The topological polar surface area (TPSA) is 106 Å². The van der Waals surface area contributed by atoms with E-state index in [9.17, 15) is 23.1 Å². The molecule has 0 bridgehead atoms. The Bertz CT molecular complexity index is 1730. The Morgan fingerprint density at radius 3 is 2.45 bits per heavy atom. The van der Waals surface area contributed by atoms with Gasteiger partial charge in [-0.1, -0.05) is 42.8 Å². The van der Waals surface area contributed by atoms with E-state index in [1.807, 2.05) is 37.3 Å². The van der Waals surface area contributed by atoms with E-state index in [1.165, 1.54) is 12.1 Å². The van der Waals surface area contributed by atoms with Crippen LogP contribution in [-0.2, 0) is 12.7 Å². The van der Waals surface area contributed by atoms with Crippen molar-refractivity contribution in [1.29, 1.82) is 0 Å². The lowest BCUT2D eigenvalue weighted by atomic mass is 9.80. The van der Waals surface area contributed by atoms with Gasteiger partial charge >= 0.3 is 12.1 Å². The molecule has 40 heavy (non-hydrogen) atoms. The number of fused-ring (bicyclic) bond motifs is 2. The third-order valence-electron chi connectivity index (χ3n) is 7.50. The van der Waals surface area contributed by atoms with Gasteiger partial charge in [0.2, 0.25) is 5.82 Å². The molecule has 3 heterocycles. The predicted molar refractivity (Wildman–Crippen MR) is 144 cm³/mol. The summed E-state index contributed by atoms with van der Waals surface area (Å²) in [4.78, 5) is 29.8. The van der Waals surface area contributed by atoms with E-state index < -0.39 is 23.5 Å². The van der Waals surface area contributed by atoms with Crippen molar-refractivity contribution in [2.75, 3.05) is 5.32 Å². The smallest absolute Gasteiger partial charge is 0.416 e. The number of anilines is 1.